The molecule has 3 aliphatic heterocycles. The second-order valence-corrected chi connectivity index (χ2v) is 21.3. The van der Waals surface area contributed by atoms with E-state index < -0.39 is 172 Å². The summed E-state index contributed by atoms with van der Waals surface area (Å²) in [6.45, 7) is 1.60. The molecule has 3 fully saturated rings. The van der Waals surface area contributed by atoms with Crippen LogP contribution in [0.15, 0.2) is 0 Å². The van der Waals surface area contributed by atoms with Gasteiger partial charge in [0.15, 0.2) is 18.9 Å². The van der Waals surface area contributed by atoms with E-state index in [0.717, 1.165) is 0 Å². The number of carboxylic acids is 1. The van der Waals surface area contributed by atoms with Gasteiger partial charge in [-0.3, -0.25) is 38.4 Å². The molecule has 3 rings (SSSR count). The average molecular weight is 1240 g/mol. The number of carboxylic acid groups (broad SMARTS) is 1. The quantitative estimate of drug-likeness (QED) is 0.0254. The molecule has 33 heteroatoms. The predicted molar refractivity (Wildman–Crippen MR) is 294 cm³/mol. The Bertz CT molecular complexity index is 2120. The van der Waals surface area contributed by atoms with Crippen molar-refractivity contribution in [3.05, 3.63) is 0 Å². The molecule has 0 unspecified atom stereocenters. The van der Waals surface area contributed by atoms with Crippen LogP contribution in [0.25, 0.3) is 0 Å². The maximum absolute atomic E-state index is 13.7. The normalized spacial score (nSPS) is 28.0. The van der Waals surface area contributed by atoms with Crippen LogP contribution in [0, 0.1) is 0 Å². The Morgan fingerprint density at radius 3 is 1.08 bits per heavy atom. The van der Waals surface area contributed by atoms with Crippen LogP contribution in [0.3, 0.4) is 0 Å². The summed E-state index contributed by atoms with van der Waals surface area (Å²) in [5.74, 6) is -5.70. The molecule has 0 saturated carbocycles. The molecule has 86 heavy (non-hydrogen) atoms. The van der Waals surface area contributed by atoms with Crippen molar-refractivity contribution in [3.8, 4) is 0 Å². The third-order valence-corrected chi connectivity index (χ3v) is 14.2. The summed E-state index contributed by atoms with van der Waals surface area (Å²) in [5, 5.41) is 121. The van der Waals surface area contributed by atoms with Crippen LogP contribution < -0.4 is 42.5 Å². The van der Waals surface area contributed by atoms with E-state index in [4.69, 9.17) is 28.4 Å². The van der Waals surface area contributed by atoms with E-state index in [-0.39, 0.29) is 103 Å². The van der Waals surface area contributed by atoms with Crippen LogP contribution in [0.1, 0.15) is 117 Å². The van der Waals surface area contributed by atoms with Gasteiger partial charge in [0, 0.05) is 72.9 Å². The van der Waals surface area contributed by atoms with E-state index in [2.05, 4.69) is 42.5 Å². The zero-order chi connectivity index (χ0) is 63.9. The second kappa shape index (κ2) is 40.2. The van der Waals surface area contributed by atoms with Crippen molar-refractivity contribution in [2.75, 3.05) is 59.3 Å². The minimum Gasteiger partial charge on any atom is -0.480 e. The molecular weight excluding hydrogens is 1150 g/mol. The van der Waals surface area contributed by atoms with Crippen molar-refractivity contribution in [3.63, 3.8) is 0 Å². The number of aliphatic hydroxyl groups excluding tert-OH is 9. The molecule has 8 amide bonds. The summed E-state index contributed by atoms with van der Waals surface area (Å²) in [5.41, 5.74) is 0. The molecule has 3 saturated heterocycles. The number of aliphatic carboxylic acids is 1. The molecule has 0 aromatic rings. The highest BCUT2D eigenvalue weighted by atomic mass is 16.7. The minimum absolute atomic E-state index is 0.0132. The van der Waals surface area contributed by atoms with Crippen LogP contribution >= 0.6 is 0 Å². The molecular formula is C53H92N8O25. The molecule has 33 nitrogen and oxygen atoms in total. The van der Waals surface area contributed by atoms with E-state index in [1.165, 1.54) is 20.8 Å². The SMILES string of the molecule is CC(=O)N[C@H]1[C@H](OCCCCC(=O)NCCCC[C@H](NC(=O)[C@H](CCCCNC(=O)CCCCO[C@@H]2O[C@H](CO)[C@H](O)[C@H](O)[C@H]2NC(C)=O)NC(=O)CNC(=O)CCCCO[C@@H]2O[C@H](CO)[C@H](O)[C@H](O)[C@H]2NC(C)=O)C(=O)O)O[C@H](CO)[C@H](O)[C@@H]1O. The molecule has 18 N–H and O–H groups in total. The van der Waals surface area contributed by atoms with Gasteiger partial charge in [0.2, 0.25) is 47.3 Å². The molecule has 0 aliphatic carbocycles. The lowest BCUT2D eigenvalue weighted by Gasteiger charge is -2.42. The maximum Gasteiger partial charge on any atom is 0.326 e. The van der Waals surface area contributed by atoms with E-state index in [1.807, 2.05) is 0 Å². The molecule has 0 aromatic heterocycles. The number of hydrogen-bond donors (Lipinski definition) is 18. The molecule has 0 radical (unpaired) electrons. The lowest BCUT2D eigenvalue weighted by atomic mass is 9.97. The highest BCUT2D eigenvalue weighted by Gasteiger charge is 2.48. The van der Waals surface area contributed by atoms with Gasteiger partial charge in [-0.2, -0.15) is 0 Å². The Labute approximate surface area is 497 Å². The van der Waals surface area contributed by atoms with Gasteiger partial charge in [0.1, 0.15) is 85.1 Å². The lowest BCUT2D eigenvalue weighted by Crippen LogP contribution is -2.64. The fraction of sp³-hybridized carbons (Fsp3) is 0.830. The van der Waals surface area contributed by atoms with Crippen LogP contribution in [0.2, 0.25) is 0 Å². The Balaban J connectivity index is 1.47. The number of ether oxygens (including phenoxy) is 6. The third kappa shape index (κ3) is 26.5. The number of hydrogen-bond acceptors (Lipinski definition) is 24. The Kier molecular flexibility index (Phi) is 35.0. The minimum atomic E-state index is -1.51. The van der Waals surface area contributed by atoms with Crippen molar-refractivity contribution >= 4 is 53.2 Å². The summed E-state index contributed by atoms with van der Waals surface area (Å²) >= 11 is 0. The van der Waals surface area contributed by atoms with Gasteiger partial charge in [0.25, 0.3) is 0 Å². The first kappa shape index (κ1) is 74.9. The number of unbranched alkanes of at least 4 members (excludes halogenated alkanes) is 5. The number of rotatable bonds is 40. The lowest BCUT2D eigenvalue weighted by molar-refractivity contribution is -0.270. The van der Waals surface area contributed by atoms with Gasteiger partial charge in [-0.05, 0) is 77.0 Å². The van der Waals surface area contributed by atoms with Crippen molar-refractivity contribution in [2.45, 2.75) is 221 Å². The number of aliphatic hydroxyl groups is 9. The Hall–Kier alpha value is -5.37. The third-order valence-electron chi connectivity index (χ3n) is 14.2. The summed E-state index contributed by atoms with van der Waals surface area (Å²) in [4.78, 5) is 112. The van der Waals surface area contributed by atoms with Crippen molar-refractivity contribution in [1.82, 2.24) is 42.5 Å². The largest absolute Gasteiger partial charge is 0.480 e. The highest BCUT2D eigenvalue weighted by molar-refractivity contribution is 5.92. The van der Waals surface area contributed by atoms with Gasteiger partial charge in [-0.15, -0.1) is 0 Å². The van der Waals surface area contributed by atoms with Crippen molar-refractivity contribution < 1.29 is 123 Å². The van der Waals surface area contributed by atoms with Crippen LogP contribution in [0.5, 0.6) is 0 Å². The van der Waals surface area contributed by atoms with Crippen molar-refractivity contribution in [1.29, 1.82) is 0 Å². The summed E-state index contributed by atoms with van der Waals surface area (Å²) in [7, 11) is 0. The van der Waals surface area contributed by atoms with E-state index in [9.17, 15) is 94.2 Å². The fourth-order valence-electron chi connectivity index (χ4n) is 9.49. The van der Waals surface area contributed by atoms with E-state index in [0.29, 0.717) is 38.5 Å². The summed E-state index contributed by atoms with van der Waals surface area (Å²) < 4.78 is 33.6. The standard InChI is InChI=1S/C53H92N8O25/c1-28(65)57-40-46(75)43(72)33(25-62)84-51(40)81-21-11-6-16-36(68)54-19-9-4-14-31(60-39(71)24-56-38(70)18-8-13-23-83-53-42(59-30(3)67)48(77)45(74)35(27-64)86-53)49(78)61-32(50(79)80)15-5-10-20-55-37(69)17-7-12-22-82-52-41(58-29(2)66)47(76)44(73)34(26-63)85-52/h31-35,40-48,51-53,62-64,72-77H,4-27H2,1-3H3,(H,54,68)(H,55,69)(H,56,70)(H,57,65)(H,58,66)(H,59,67)(H,60,71)(H,61,78)(H,79,80)/t31-,32-,33+,34+,35+,40+,41+,42+,43-,44-,45-,46+,47+,48+,51+,52+,53+/m0/s1. The maximum atomic E-state index is 13.7. The summed E-state index contributed by atoms with van der Waals surface area (Å²) in [6, 6.07) is -6.07. The fourth-order valence-corrected chi connectivity index (χ4v) is 9.49. The highest BCUT2D eigenvalue weighted by Crippen LogP contribution is 2.25. The molecule has 3 heterocycles. The van der Waals surface area contributed by atoms with Gasteiger partial charge in [0.05, 0.1) is 26.4 Å². The topological polar surface area (TPSA) is 508 Å². The monoisotopic (exact) mass is 1240 g/mol. The van der Waals surface area contributed by atoms with Crippen LogP contribution in [-0.2, 0) is 71.6 Å². The summed E-state index contributed by atoms with van der Waals surface area (Å²) in [6.07, 6.45) is -12.9. The average Bonchev–Trinajstić information content (AvgIpc) is 2.96. The van der Waals surface area contributed by atoms with E-state index >= 15 is 0 Å². The zero-order valence-electron chi connectivity index (χ0n) is 48.9. The zero-order valence-corrected chi connectivity index (χ0v) is 48.9. The van der Waals surface area contributed by atoms with Gasteiger partial charge in [-0.1, -0.05) is 0 Å². The number of amides is 8. The first-order valence-electron chi connectivity index (χ1n) is 29.1. The number of carbonyl (C=O) groups excluding carboxylic acids is 8. The van der Waals surface area contributed by atoms with Gasteiger partial charge >= 0.3 is 5.97 Å². The predicted octanol–water partition coefficient (Wildman–Crippen LogP) is -6.88. The Morgan fingerprint density at radius 2 is 0.756 bits per heavy atom. The van der Waals surface area contributed by atoms with Crippen LogP contribution in [0.4, 0.5) is 0 Å². The second-order valence-electron chi connectivity index (χ2n) is 21.3. The van der Waals surface area contributed by atoms with Crippen molar-refractivity contribution in [2.24, 2.45) is 0 Å². The van der Waals surface area contributed by atoms with Crippen LogP contribution in [-0.4, -0.2) is 268 Å². The van der Waals surface area contributed by atoms with Gasteiger partial charge in [-0.25, -0.2) is 4.79 Å². The molecule has 3 aliphatic rings. The smallest absolute Gasteiger partial charge is 0.326 e. The molecule has 494 valence electrons. The Morgan fingerprint density at radius 1 is 0.419 bits per heavy atom. The molecule has 17 atom stereocenters. The number of nitrogens with one attached hydrogen (secondary N) is 8. The molecule has 0 aromatic carbocycles. The molecule has 0 bridgehead atoms. The van der Waals surface area contributed by atoms with E-state index in [1.54, 1.807) is 0 Å². The molecule has 0 spiro atoms. The number of carbonyl (C=O) groups is 9. The first-order chi connectivity index (χ1) is 40.9. The van der Waals surface area contributed by atoms with Gasteiger partial charge < -0.3 is 122 Å². The first-order valence-corrected chi connectivity index (χ1v) is 29.1.